The van der Waals surface area contributed by atoms with E-state index in [2.05, 4.69) is 4.98 Å². The van der Waals surface area contributed by atoms with Gasteiger partial charge in [-0.15, -0.1) is 0 Å². The van der Waals surface area contributed by atoms with Gasteiger partial charge in [0.1, 0.15) is 17.4 Å². The largest absolute Gasteiger partial charge is 0.299 e. The zero-order valence-electron chi connectivity index (χ0n) is 12.9. The van der Waals surface area contributed by atoms with Gasteiger partial charge in [0, 0.05) is 11.1 Å². The van der Waals surface area contributed by atoms with Gasteiger partial charge in [-0.2, -0.15) is 0 Å². The number of rotatable bonds is 4. The predicted octanol–water partition coefficient (Wildman–Crippen LogP) is 4.00. The number of benzene rings is 2. The van der Waals surface area contributed by atoms with Crippen LogP contribution in [0.3, 0.4) is 0 Å². The van der Waals surface area contributed by atoms with E-state index < -0.39 is 17.2 Å². The van der Waals surface area contributed by atoms with E-state index in [0.29, 0.717) is 16.6 Å². The molecule has 1 heterocycles. The SMILES string of the molecule is CC(=O)CSc1nc2ccc(Cl)cc2c(=O)n1-c1ccc(F)cc1F. The number of thioether (sulfide) groups is 1. The van der Waals surface area contributed by atoms with E-state index in [0.717, 1.165) is 28.5 Å². The Hall–Kier alpha value is -2.25. The van der Waals surface area contributed by atoms with Gasteiger partial charge < -0.3 is 0 Å². The van der Waals surface area contributed by atoms with E-state index in [1.807, 2.05) is 0 Å². The molecule has 0 aliphatic heterocycles. The fourth-order valence-electron chi connectivity index (χ4n) is 2.28. The number of halogens is 3. The number of hydrogen-bond acceptors (Lipinski definition) is 4. The molecular weight excluding hydrogens is 370 g/mol. The first-order valence-electron chi connectivity index (χ1n) is 7.17. The van der Waals surface area contributed by atoms with Crippen molar-refractivity contribution in [2.45, 2.75) is 12.1 Å². The van der Waals surface area contributed by atoms with E-state index in [4.69, 9.17) is 11.6 Å². The zero-order valence-corrected chi connectivity index (χ0v) is 14.5. The molecule has 0 saturated heterocycles. The van der Waals surface area contributed by atoms with Crippen LogP contribution in [-0.2, 0) is 4.79 Å². The quantitative estimate of drug-likeness (QED) is 0.507. The molecule has 0 spiro atoms. The standard InChI is InChI=1S/C17H11ClF2N2O2S/c1-9(23)8-25-17-21-14-4-2-10(18)6-12(14)16(24)22(17)15-5-3-11(19)7-13(15)20/h2-7H,8H2,1H3. The van der Waals surface area contributed by atoms with Gasteiger partial charge in [0.15, 0.2) is 5.16 Å². The normalized spacial score (nSPS) is 11.0. The molecule has 0 fully saturated rings. The lowest BCUT2D eigenvalue weighted by Crippen LogP contribution is -2.23. The van der Waals surface area contributed by atoms with Crippen molar-refractivity contribution >= 4 is 40.0 Å². The van der Waals surface area contributed by atoms with Crippen molar-refractivity contribution in [2.24, 2.45) is 0 Å². The highest BCUT2D eigenvalue weighted by molar-refractivity contribution is 7.99. The third kappa shape index (κ3) is 3.57. The topological polar surface area (TPSA) is 52.0 Å². The van der Waals surface area contributed by atoms with E-state index in [1.54, 1.807) is 12.1 Å². The van der Waals surface area contributed by atoms with Crippen LogP contribution >= 0.6 is 23.4 Å². The molecule has 0 aliphatic carbocycles. The first-order chi connectivity index (χ1) is 11.9. The van der Waals surface area contributed by atoms with Gasteiger partial charge in [0.2, 0.25) is 0 Å². The summed E-state index contributed by atoms with van der Waals surface area (Å²) in [5, 5.41) is 0.672. The monoisotopic (exact) mass is 380 g/mol. The number of carbonyl (C=O) groups excluding carboxylic acids is 1. The molecule has 2 aromatic carbocycles. The summed E-state index contributed by atoms with van der Waals surface area (Å²) < 4.78 is 28.5. The van der Waals surface area contributed by atoms with Crippen molar-refractivity contribution in [1.29, 1.82) is 0 Å². The minimum absolute atomic E-state index is 0.0638. The molecule has 0 radical (unpaired) electrons. The van der Waals surface area contributed by atoms with Gasteiger partial charge in [-0.3, -0.25) is 14.2 Å². The number of aromatic nitrogens is 2. The van der Waals surface area contributed by atoms with Crippen LogP contribution in [0.2, 0.25) is 5.02 Å². The Morgan fingerprint density at radius 2 is 2.00 bits per heavy atom. The molecule has 128 valence electrons. The second-order valence-corrected chi connectivity index (χ2v) is 6.66. The molecule has 4 nitrogen and oxygen atoms in total. The lowest BCUT2D eigenvalue weighted by atomic mass is 10.2. The van der Waals surface area contributed by atoms with E-state index >= 15 is 0 Å². The Morgan fingerprint density at radius 3 is 2.68 bits per heavy atom. The number of carbonyl (C=O) groups is 1. The molecule has 0 unspecified atom stereocenters. The third-order valence-electron chi connectivity index (χ3n) is 3.35. The molecule has 1 aromatic heterocycles. The summed E-state index contributed by atoms with van der Waals surface area (Å²) in [6.07, 6.45) is 0. The Kier molecular flexibility index (Phi) is 4.87. The van der Waals surface area contributed by atoms with Crippen molar-refractivity contribution in [3.63, 3.8) is 0 Å². The number of ketones is 1. The maximum Gasteiger partial charge on any atom is 0.266 e. The Bertz CT molecular complexity index is 1050. The first kappa shape index (κ1) is 17.6. The van der Waals surface area contributed by atoms with Crippen LogP contribution in [0.15, 0.2) is 46.3 Å². The maximum atomic E-state index is 14.2. The summed E-state index contributed by atoms with van der Waals surface area (Å²) in [7, 11) is 0. The molecule has 25 heavy (non-hydrogen) atoms. The van der Waals surface area contributed by atoms with Gasteiger partial charge in [-0.05, 0) is 37.3 Å². The summed E-state index contributed by atoms with van der Waals surface area (Å²) in [6.45, 7) is 1.40. The van der Waals surface area contributed by atoms with Crippen LogP contribution < -0.4 is 5.56 Å². The summed E-state index contributed by atoms with van der Waals surface area (Å²) >= 11 is 6.94. The smallest absolute Gasteiger partial charge is 0.266 e. The van der Waals surface area contributed by atoms with Gasteiger partial charge in [-0.25, -0.2) is 13.8 Å². The average molecular weight is 381 g/mol. The number of nitrogens with zero attached hydrogens (tertiary/aromatic N) is 2. The molecule has 0 aliphatic rings. The van der Waals surface area contributed by atoms with Crippen LogP contribution in [0.25, 0.3) is 16.6 Å². The first-order valence-corrected chi connectivity index (χ1v) is 8.53. The Labute approximate surface area is 150 Å². The summed E-state index contributed by atoms with van der Waals surface area (Å²) in [5.41, 5.74) is -0.324. The second-order valence-electron chi connectivity index (χ2n) is 5.28. The average Bonchev–Trinajstić information content (AvgIpc) is 2.55. The van der Waals surface area contributed by atoms with Gasteiger partial charge in [0.05, 0.1) is 22.3 Å². The van der Waals surface area contributed by atoms with Crippen LogP contribution in [0.1, 0.15) is 6.92 Å². The summed E-state index contributed by atoms with van der Waals surface area (Å²) in [5.74, 6) is -1.73. The van der Waals surface area contributed by atoms with Crippen LogP contribution in [-0.4, -0.2) is 21.1 Å². The zero-order chi connectivity index (χ0) is 18.1. The fourth-order valence-corrected chi connectivity index (χ4v) is 3.25. The lowest BCUT2D eigenvalue weighted by Gasteiger charge is -2.13. The van der Waals surface area contributed by atoms with E-state index in [1.165, 1.54) is 13.0 Å². The van der Waals surface area contributed by atoms with Gasteiger partial charge in [0.25, 0.3) is 5.56 Å². The van der Waals surface area contributed by atoms with E-state index in [9.17, 15) is 18.4 Å². The van der Waals surface area contributed by atoms with Crippen molar-refractivity contribution in [1.82, 2.24) is 9.55 Å². The molecule has 0 bridgehead atoms. The number of fused-ring (bicyclic) bond motifs is 1. The molecule has 0 saturated carbocycles. The van der Waals surface area contributed by atoms with Crippen molar-refractivity contribution in [2.75, 3.05) is 5.75 Å². The summed E-state index contributed by atoms with van der Waals surface area (Å²) in [4.78, 5) is 28.5. The van der Waals surface area contributed by atoms with E-state index in [-0.39, 0.29) is 27.8 Å². The highest BCUT2D eigenvalue weighted by Gasteiger charge is 2.17. The number of Topliss-reactive ketones (excluding diaryl/α,β-unsaturated/α-hetero) is 1. The van der Waals surface area contributed by atoms with Crippen molar-refractivity contribution in [3.8, 4) is 5.69 Å². The van der Waals surface area contributed by atoms with Crippen LogP contribution in [0, 0.1) is 11.6 Å². The molecule has 0 atom stereocenters. The minimum atomic E-state index is -0.907. The van der Waals surface area contributed by atoms with Crippen LogP contribution in [0.5, 0.6) is 0 Å². The fraction of sp³-hybridized carbons (Fsp3) is 0.118. The molecule has 3 rings (SSSR count). The Morgan fingerprint density at radius 1 is 1.24 bits per heavy atom. The predicted molar refractivity (Wildman–Crippen MR) is 93.7 cm³/mol. The molecular formula is C17H11ClF2N2O2S. The molecule has 3 aromatic rings. The van der Waals surface area contributed by atoms with Crippen LogP contribution in [0.4, 0.5) is 8.78 Å². The molecule has 0 amide bonds. The highest BCUT2D eigenvalue weighted by atomic mass is 35.5. The maximum absolute atomic E-state index is 14.2. The lowest BCUT2D eigenvalue weighted by molar-refractivity contribution is -0.114. The van der Waals surface area contributed by atoms with Gasteiger partial charge >= 0.3 is 0 Å². The Balaban J connectivity index is 2.32. The van der Waals surface area contributed by atoms with Gasteiger partial charge in [-0.1, -0.05) is 23.4 Å². The van der Waals surface area contributed by atoms with Crippen molar-refractivity contribution < 1.29 is 13.6 Å². The number of hydrogen-bond donors (Lipinski definition) is 0. The highest BCUT2D eigenvalue weighted by Crippen LogP contribution is 2.24. The summed E-state index contributed by atoms with van der Waals surface area (Å²) in [6, 6.07) is 7.47. The molecule has 0 N–H and O–H groups in total. The third-order valence-corrected chi connectivity index (χ3v) is 4.67. The minimum Gasteiger partial charge on any atom is -0.299 e. The van der Waals surface area contributed by atoms with Crippen molar-refractivity contribution in [3.05, 3.63) is 63.4 Å². The second kappa shape index (κ2) is 6.93. The molecule has 8 heteroatoms.